The largest absolute Gasteiger partial charge is 0.467 e. The maximum atomic E-state index is 12.3. The molecular formula is C18H22N2O2S. The highest BCUT2D eigenvalue weighted by Crippen LogP contribution is 2.44. The summed E-state index contributed by atoms with van der Waals surface area (Å²) in [5.74, 6) is 0.540. The van der Waals surface area contributed by atoms with E-state index in [9.17, 15) is 4.79 Å². The first-order valence-corrected chi connectivity index (χ1v) is 8.82. The zero-order valence-corrected chi connectivity index (χ0v) is 13.9. The van der Waals surface area contributed by atoms with E-state index in [-0.39, 0.29) is 10.7 Å². The third kappa shape index (κ3) is 3.98. The molecule has 0 bridgehead atoms. The number of benzene rings is 1. The average Bonchev–Trinajstić information content (AvgIpc) is 3.23. The quantitative estimate of drug-likeness (QED) is 0.849. The van der Waals surface area contributed by atoms with Crippen LogP contribution < -0.4 is 11.1 Å². The summed E-state index contributed by atoms with van der Waals surface area (Å²) in [6, 6.07) is 12.1. The molecule has 1 fully saturated rings. The predicted octanol–water partition coefficient (Wildman–Crippen LogP) is 3.57. The number of rotatable bonds is 6. The molecule has 0 spiro atoms. The van der Waals surface area contributed by atoms with Gasteiger partial charge in [-0.05, 0) is 31.0 Å². The van der Waals surface area contributed by atoms with Gasteiger partial charge in [-0.1, -0.05) is 31.0 Å². The Hall–Kier alpha value is -1.72. The monoisotopic (exact) mass is 330 g/mol. The van der Waals surface area contributed by atoms with Gasteiger partial charge in [0.25, 0.3) is 5.91 Å². The molecule has 1 saturated carbocycles. The normalized spacial score (nSPS) is 16.4. The molecule has 5 heteroatoms. The van der Waals surface area contributed by atoms with E-state index in [1.165, 1.54) is 24.0 Å². The summed E-state index contributed by atoms with van der Waals surface area (Å²) in [6.07, 6.45) is 6.18. The topological polar surface area (TPSA) is 68.3 Å². The van der Waals surface area contributed by atoms with Crippen molar-refractivity contribution in [1.29, 1.82) is 0 Å². The molecule has 0 unspecified atom stereocenters. The van der Waals surface area contributed by atoms with E-state index >= 15 is 0 Å². The van der Waals surface area contributed by atoms with Gasteiger partial charge in [-0.25, -0.2) is 0 Å². The molecule has 0 aliphatic heterocycles. The minimum Gasteiger partial charge on any atom is -0.467 e. The lowest BCUT2D eigenvalue weighted by Crippen LogP contribution is -2.38. The van der Waals surface area contributed by atoms with Gasteiger partial charge in [0, 0.05) is 16.2 Å². The van der Waals surface area contributed by atoms with Crippen LogP contribution in [-0.4, -0.2) is 17.2 Å². The summed E-state index contributed by atoms with van der Waals surface area (Å²) in [7, 11) is 0. The predicted molar refractivity (Wildman–Crippen MR) is 92.4 cm³/mol. The van der Waals surface area contributed by atoms with Crippen molar-refractivity contribution in [2.45, 2.75) is 41.9 Å². The summed E-state index contributed by atoms with van der Waals surface area (Å²) < 4.78 is 5.33. The van der Waals surface area contributed by atoms with E-state index in [2.05, 4.69) is 29.6 Å². The molecule has 0 saturated heterocycles. The maximum absolute atomic E-state index is 12.3. The number of hydrogen-bond acceptors (Lipinski definition) is 4. The standard InChI is InChI=1S/C18H22N2O2S/c19-11-15-10-14(12-22-15)17(21)20-13-18(8-4-5-9-18)23-16-6-2-1-3-7-16/h1-3,6-7,10,12H,4-5,8-9,11,13,19H2,(H,20,21). The molecule has 1 heterocycles. The molecule has 1 aromatic carbocycles. The molecule has 1 aliphatic carbocycles. The number of carbonyl (C=O) groups excluding carboxylic acids is 1. The van der Waals surface area contributed by atoms with E-state index in [1.54, 1.807) is 6.07 Å². The minimum absolute atomic E-state index is 0.0895. The van der Waals surface area contributed by atoms with E-state index in [4.69, 9.17) is 10.2 Å². The highest BCUT2D eigenvalue weighted by Gasteiger charge is 2.35. The molecule has 3 rings (SSSR count). The molecule has 0 atom stereocenters. The summed E-state index contributed by atoms with van der Waals surface area (Å²) in [6.45, 7) is 0.982. The summed E-state index contributed by atoms with van der Waals surface area (Å²) in [5.41, 5.74) is 6.06. The second kappa shape index (κ2) is 7.23. The number of amides is 1. The third-order valence-electron chi connectivity index (χ3n) is 4.28. The van der Waals surface area contributed by atoms with Gasteiger partial charge in [0.2, 0.25) is 0 Å². The van der Waals surface area contributed by atoms with Crippen LogP contribution in [0.4, 0.5) is 0 Å². The van der Waals surface area contributed by atoms with Crippen LogP contribution in [0.15, 0.2) is 52.0 Å². The first kappa shape index (κ1) is 16.1. The summed E-state index contributed by atoms with van der Waals surface area (Å²) >= 11 is 1.89. The number of carbonyl (C=O) groups is 1. The maximum Gasteiger partial charge on any atom is 0.254 e. The zero-order chi connectivity index (χ0) is 16.1. The summed E-state index contributed by atoms with van der Waals surface area (Å²) in [4.78, 5) is 13.6. The van der Waals surface area contributed by atoms with Gasteiger partial charge in [-0.15, -0.1) is 11.8 Å². The Morgan fingerprint density at radius 3 is 2.65 bits per heavy atom. The highest BCUT2D eigenvalue weighted by atomic mass is 32.2. The molecule has 3 N–H and O–H groups in total. The highest BCUT2D eigenvalue weighted by molar-refractivity contribution is 8.00. The smallest absolute Gasteiger partial charge is 0.254 e. The van der Waals surface area contributed by atoms with Crippen LogP contribution >= 0.6 is 11.8 Å². The van der Waals surface area contributed by atoms with E-state index in [0.29, 0.717) is 24.4 Å². The Morgan fingerprint density at radius 2 is 2.00 bits per heavy atom. The lowest BCUT2D eigenvalue weighted by Gasteiger charge is -2.28. The van der Waals surface area contributed by atoms with Gasteiger partial charge in [0.05, 0.1) is 12.1 Å². The van der Waals surface area contributed by atoms with Crippen molar-refractivity contribution < 1.29 is 9.21 Å². The van der Waals surface area contributed by atoms with Gasteiger partial charge in [0.15, 0.2) is 0 Å². The SMILES string of the molecule is NCc1cc(C(=O)NCC2(Sc3ccccc3)CCCC2)co1. The third-order valence-corrected chi connectivity index (χ3v) is 5.77. The van der Waals surface area contributed by atoms with Crippen molar-refractivity contribution in [3.63, 3.8) is 0 Å². The molecule has 1 aliphatic rings. The van der Waals surface area contributed by atoms with Crippen LogP contribution in [0.25, 0.3) is 0 Å². The summed E-state index contributed by atoms with van der Waals surface area (Å²) in [5, 5.41) is 3.08. The van der Waals surface area contributed by atoms with Gasteiger partial charge in [-0.3, -0.25) is 4.79 Å². The fraction of sp³-hybridized carbons (Fsp3) is 0.389. The Kier molecular flexibility index (Phi) is 5.08. The van der Waals surface area contributed by atoms with Gasteiger partial charge in [0.1, 0.15) is 12.0 Å². The second-order valence-corrected chi connectivity index (χ2v) is 7.54. The Labute approximate surface area is 140 Å². The fourth-order valence-electron chi connectivity index (χ4n) is 3.02. The van der Waals surface area contributed by atoms with Gasteiger partial charge in [-0.2, -0.15) is 0 Å². The van der Waals surface area contributed by atoms with Crippen LogP contribution in [-0.2, 0) is 6.54 Å². The molecule has 23 heavy (non-hydrogen) atoms. The van der Waals surface area contributed by atoms with Crippen molar-refractivity contribution in [2.24, 2.45) is 5.73 Å². The number of hydrogen-bond donors (Lipinski definition) is 2. The molecule has 1 aromatic heterocycles. The number of thioether (sulfide) groups is 1. The molecular weight excluding hydrogens is 308 g/mol. The molecule has 0 radical (unpaired) electrons. The fourth-order valence-corrected chi connectivity index (χ4v) is 4.45. The molecule has 4 nitrogen and oxygen atoms in total. The Morgan fingerprint density at radius 1 is 1.26 bits per heavy atom. The van der Waals surface area contributed by atoms with Gasteiger partial charge < -0.3 is 15.5 Å². The Bertz CT molecular complexity index is 648. The zero-order valence-electron chi connectivity index (χ0n) is 13.1. The van der Waals surface area contributed by atoms with Crippen LogP contribution in [0, 0.1) is 0 Å². The van der Waals surface area contributed by atoms with Crippen molar-refractivity contribution in [2.75, 3.05) is 6.54 Å². The lowest BCUT2D eigenvalue weighted by molar-refractivity contribution is 0.0949. The number of nitrogens with two attached hydrogens (primary N) is 1. The van der Waals surface area contributed by atoms with Crippen LogP contribution in [0.5, 0.6) is 0 Å². The number of furan rings is 1. The van der Waals surface area contributed by atoms with Crippen molar-refractivity contribution in [3.8, 4) is 0 Å². The first-order valence-electron chi connectivity index (χ1n) is 8.00. The molecule has 2 aromatic rings. The van der Waals surface area contributed by atoms with Crippen LogP contribution in [0.1, 0.15) is 41.8 Å². The van der Waals surface area contributed by atoms with Crippen molar-refractivity contribution in [3.05, 3.63) is 54.0 Å². The van der Waals surface area contributed by atoms with Crippen molar-refractivity contribution >= 4 is 17.7 Å². The second-order valence-electron chi connectivity index (χ2n) is 5.99. The molecule has 122 valence electrons. The average molecular weight is 330 g/mol. The van der Waals surface area contributed by atoms with Crippen LogP contribution in [0.3, 0.4) is 0 Å². The minimum atomic E-state index is -0.0895. The van der Waals surface area contributed by atoms with Gasteiger partial charge >= 0.3 is 0 Å². The van der Waals surface area contributed by atoms with Crippen molar-refractivity contribution in [1.82, 2.24) is 5.32 Å². The van der Waals surface area contributed by atoms with E-state index in [0.717, 1.165) is 12.8 Å². The van der Waals surface area contributed by atoms with Crippen LogP contribution in [0.2, 0.25) is 0 Å². The van der Waals surface area contributed by atoms with E-state index in [1.807, 2.05) is 17.8 Å². The molecule has 1 amide bonds. The Balaban J connectivity index is 1.64. The number of nitrogens with one attached hydrogen (secondary N) is 1. The lowest BCUT2D eigenvalue weighted by atomic mass is 10.1. The first-order chi connectivity index (χ1) is 11.2. The van der Waals surface area contributed by atoms with E-state index < -0.39 is 0 Å².